The van der Waals surface area contributed by atoms with Gasteiger partial charge in [0.2, 0.25) is 11.8 Å². The molecule has 1 N–H and O–H groups in total. The molecule has 0 radical (unpaired) electrons. The van der Waals surface area contributed by atoms with Crippen LogP contribution in [0.2, 0.25) is 0 Å². The predicted octanol–water partition coefficient (Wildman–Crippen LogP) is 0.0106. The molecule has 1 aliphatic carbocycles. The Morgan fingerprint density at radius 1 is 1.17 bits per heavy atom. The number of aliphatic hydroxyl groups excluding tert-OH is 1. The first-order chi connectivity index (χ1) is 11.5. The molecule has 0 aromatic rings. The molecule has 24 heavy (non-hydrogen) atoms. The number of β-amino-alcohol motifs (C(OH)–C–C–N with tert-alkyl or cyclic N) is 1. The molecule has 2 heterocycles. The zero-order valence-corrected chi connectivity index (χ0v) is 14.5. The highest BCUT2D eigenvalue weighted by Gasteiger charge is 2.43. The summed E-state index contributed by atoms with van der Waals surface area (Å²) < 4.78 is 11.7. The average Bonchev–Trinajstić information content (AvgIpc) is 3.35. The van der Waals surface area contributed by atoms with Crippen LogP contribution in [-0.2, 0) is 19.1 Å². The lowest BCUT2D eigenvalue weighted by Crippen LogP contribution is -2.57. The maximum atomic E-state index is 12.6. The van der Waals surface area contributed by atoms with Gasteiger partial charge in [0.15, 0.2) is 0 Å². The van der Waals surface area contributed by atoms with E-state index in [2.05, 4.69) is 0 Å². The third-order valence-electron chi connectivity index (χ3n) is 5.09. The van der Waals surface area contributed by atoms with E-state index in [1.54, 1.807) is 19.0 Å². The molecule has 1 saturated carbocycles. The smallest absolute Gasteiger partial charge is 0.226 e. The summed E-state index contributed by atoms with van der Waals surface area (Å²) in [5.41, 5.74) is 0. The minimum absolute atomic E-state index is 0.0477. The van der Waals surface area contributed by atoms with Gasteiger partial charge in [-0.3, -0.25) is 9.59 Å². The Morgan fingerprint density at radius 2 is 1.92 bits per heavy atom. The van der Waals surface area contributed by atoms with Crippen LogP contribution in [0.15, 0.2) is 0 Å². The van der Waals surface area contributed by atoms with Crippen molar-refractivity contribution in [3.63, 3.8) is 0 Å². The maximum Gasteiger partial charge on any atom is 0.226 e. The Hall–Kier alpha value is -1.18. The van der Waals surface area contributed by atoms with Gasteiger partial charge in [-0.05, 0) is 25.7 Å². The number of rotatable bonds is 3. The van der Waals surface area contributed by atoms with E-state index in [-0.39, 0.29) is 42.6 Å². The van der Waals surface area contributed by atoms with Crippen LogP contribution in [0.4, 0.5) is 0 Å². The second-order valence-corrected chi connectivity index (χ2v) is 7.39. The van der Waals surface area contributed by atoms with Crippen LogP contribution in [0, 0.1) is 5.92 Å². The first kappa shape index (κ1) is 17.6. The van der Waals surface area contributed by atoms with Crippen molar-refractivity contribution in [1.29, 1.82) is 0 Å². The maximum absolute atomic E-state index is 12.6. The fraction of sp³-hybridized carbons (Fsp3) is 0.882. The normalized spacial score (nSPS) is 34.0. The van der Waals surface area contributed by atoms with Crippen molar-refractivity contribution in [2.24, 2.45) is 5.92 Å². The van der Waals surface area contributed by atoms with Crippen molar-refractivity contribution < 1.29 is 24.2 Å². The van der Waals surface area contributed by atoms with Crippen molar-refractivity contribution in [2.45, 2.75) is 56.5 Å². The molecule has 4 atom stereocenters. The number of nitrogens with zero attached hydrogens (tertiary/aromatic N) is 2. The summed E-state index contributed by atoms with van der Waals surface area (Å²) in [5, 5.41) is 10.0. The minimum atomic E-state index is -0.651. The van der Waals surface area contributed by atoms with E-state index in [0.29, 0.717) is 19.6 Å². The second-order valence-electron chi connectivity index (χ2n) is 7.39. The molecule has 0 unspecified atom stereocenters. The largest absolute Gasteiger partial charge is 0.389 e. The summed E-state index contributed by atoms with van der Waals surface area (Å²) in [6.45, 7) is 0.867. The number of fused-ring (bicyclic) bond motifs is 1. The van der Waals surface area contributed by atoms with E-state index in [1.165, 1.54) is 0 Å². The summed E-state index contributed by atoms with van der Waals surface area (Å²) in [4.78, 5) is 27.9. The van der Waals surface area contributed by atoms with Gasteiger partial charge in [-0.1, -0.05) is 0 Å². The van der Waals surface area contributed by atoms with Gasteiger partial charge in [0.05, 0.1) is 37.9 Å². The molecule has 3 aliphatic rings. The summed E-state index contributed by atoms with van der Waals surface area (Å²) in [6, 6.07) is -0.0706. The third kappa shape index (κ3) is 4.07. The first-order valence-electron chi connectivity index (χ1n) is 8.87. The fourth-order valence-corrected chi connectivity index (χ4v) is 3.54. The van der Waals surface area contributed by atoms with Crippen LogP contribution in [0.5, 0.6) is 0 Å². The quantitative estimate of drug-likeness (QED) is 0.783. The molecule has 7 nitrogen and oxygen atoms in total. The molecule has 7 heteroatoms. The Kier molecular flexibility index (Phi) is 5.42. The molecule has 2 aliphatic heterocycles. The summed E-state index contributed by atoms with van der Waals surface area (Å²) in [5.74, 6) is 0.301. The van der Waals surface area contributed by atoms with Crippen molar-refractivity contribution >= 4 is 11.8 Å². The first-order valence-corrected chi connectivity index (χ1v) is 8.87. The Bertz CT molecular complexity index is 480. The van der Waals surface area contributed by atoms with Gasteiger partial charge in [-0.2, -0.15) is 0 Å². The van der Waals surface area contributed by atoms with Crippen LogP contribution >= 0.6 is 0 Å². The average molecular weight is 340 g/mol. The molecular weight excluding hydrogens is 312 g/mol. The van der Waals surface area contributed by atoms with Crippen molar-refractivity contribution in [3.8, 4) is 0 Å². The Morgan fingerprint density at radius 3 is 2.58 bits per heavy atom. The number of carbonyl (C=O) groups is 2. The van der Waals surface area contributed by atoms with E-state index in [0.717, 1.165) is 25.7 Å². The van der Waals surface area contributed by atoms with Crippen LogP contribution in [0.1, 0.15) is 32.1 Å². The number of amides is 2. The van der Waals surface area contributed by atoms with Crippen LogP contribution in [-0.4, -0.2) is 84.9 Å². The molecule has 3 fully saturated rings. The molecule has 0 spiro atoms. The van der Waals surface area contributed by atoms with E-state index in [4.69, 9.17) is 9.47 Å². The van der Waals surface area contributed by atoms with Gasteiger partial charge < -0.3 is 24.4 Å². The molecular formula is C17H28N2O5. The minimum Gasteiger partial charge on any atom is -0.389 e. The van der Waals surface area contributed by atoms with Gasteiger partial charge in [-0.15, -0.1) is 0 Å². The third-order valence-corrected chi connectivity index (χ3v) is 5.09. The summed E-state index contributed by atoms with van der Waals surface area (Å²) in [7, 11) is 3.48. The summed E-state index contributed by atoms with van der Waals surface area (Å²) >= 11 is 0. The highest BCUT2D eigenvalue weighted by atomic mass is 16.5. The number of carbonyl (C=O) groups excluding carboxylic acids is 2. The molecule has 2 amide bonds. The van der Waals surface area contributed by atoms with E-state index < -0.39 is 6.10 Å². The Labute approximate surface area is 142 Å². The number of hydrogen-bond donors (Lipinski definition) is 1. The van der Waals surface area contributed by atoms with Crippen LogP contribution in [0.25, 0.3) is 0 Å². The van der Waals surface area contributed by atoms with E-state index in [1.807, 2.05) is 4.90 Å². The zero-order chi connectivity index (χ0) is 17.3. The van der Waals surface area contributed by atoms with Crippen LogP contribution < -0.4 is 0 Å². The predicted molar refractivity (Wildman–Crippen MR) is 86.3 cm³/mol. The van der Waals surface area contributed by atoms with Gasteiger partial charge >= 0.3 is 0 Å². The monoisotopic (exact) mass is 340 g/mol. The molecule has 0 aromatic carbocycles. The van der Waals surface area contributed by atoms with E-state index >= 15 is 0 Å². The van der Waals surface area contributed by atoms with Gasteiger partial charge in [0, 0.05) is 26.6 Å². The highest BCUT2D eigenvalue weighted by molar-refractivity contribution is 5.81. The summed E-state index contributed by atoms with van der Waals surface area (Å²) in [6.07, 6.45) is 2.76. The number of hydrogen-bond acceptors (Lipinski definition) is 5. The molecule has 0 aromatic heterocycles. The van der Waals surface area contributed by atoms with Gasteiger partial charge in [0.1, 0.15) is 6.10 Å². The lowest BCUT2D eigenvalue weighted by Gasteiger charge is -2.44. The molecule has 136 valence electrons. The molecule has 3 rings (SSSR count). The second kappa shape index (κ2) is 7.37. The zero-order valence-electron chi connectivity index (χ0n) is 14.5. The van der Waals surface area contributed by atoms with Crippen molar-refractivity contribution in [1.82, 2.24) is 9.80 Å². The highest BCUT2D eigenvalue weighted by Crippen LogP contribution is 2.35. The Balaban J connectivity index is 1.67. The van der Waals surface area contributed by atoms with E-state index in [9.17, 15) is 14.7 Å². The van der Waals surface area contributed by atoms with Crippen molar-refractivity contribution in [2.75, 3.05) is 33.9 Å². The number of ether oxygens (including phenoxy) is 2. The topological polar surface area (TPSA) is 79.3 Å². The molecule has 2 saturated heterocycles. The fourth-order valence-electron chi connectivity index (χ4n) is 3.54. The lowest BCUT2D eigenvalue weighted by molar-refractivity contribution is -0.171. The van der Waals surface area contributed by atoms with Crippen LogP contribution in [0.3, 0.4) is 0 Å². The van der Waals surface area contributed by atoms with Crippen molar-refractivity contribution in [3.05, 3.63) is 0 Å². The van der Waals surface area contributed by atoms with Gasteiger partial charge in [0.25, 0.3) is 0 Å². The lowest BCUT2D eigenvalue weighted by atomic mass is 9.94. The standard InChI is InChI=1S/C17H28N2O5/c1-18(2)16(21)7-13-5-6-14-15(24-13)10-23-9-12(20)8-19(14)17(22)11-3-4-11/h11-15,20H,3-10H2,1-2H3/t12-,13+,14-,15+/m1/s1. The van der Waals surface area contributed by atoms with Gasteiger partial charge in [-0.25, -0.2) is 0 Å². The SMILES string of the molecule is CN(C)C(=O)C[C@@H]1CC[C@@H]2[C@H](COC[C@H](O)CN2C(=O)C2CC2)O1. The number of aliphatic hydroxyl groups is 1. The molecule has 0 bridgehead atoms.